The van der Waals surface area contributed by atoms with Gasteiger partial charge >= 0.3 is 0 Å². The van der Waals surface area contributed by atoms with E-state index in [1.165, 1.54) is 12.1 Å². The first-order chi connectivity index (χ1) is 11.5. The van der Waals surface area contributed by atoms with Gasteiger partial charge in [0.05, 0.1) is 12.2 Å². The van der Waals surface area contributed by atoms with Gasteiger partial charge in [0.1, 0.15) is 11.9 Å². The summed E-state index contributed by atoms with van der Waals surface area (Å²) >= 11 is 0. The molecule has 24 heavy (non-hydrogen) atoms. The molecule has 1 aromatic carbocycles. The Hall–Kier alpha value is -2.96. The average molecular weight is 327 g/mol. The number of hydrogen-bond donors (Lipinski definition) is 1. The number of nitrogens with zero attached hydrogens (tertiary/aromatic N) is 4. The Labute approximate surface area is 138 Å². The molecule has 1 amide bonds. The van der Waals surface area contributed by atoms with E-state index in [-0.39, 0.29) is 11.7 Å². The standard InChI is InChI=1S/C17H18FN5O/c1-12-6-9-23(20-12)13(2)17(24)19-16-7-8-22(21-16)11-14-4-3-5-15(18)10-14/h3-10,13H,11H2,1-2H3,(H,19,21,24). The van der Waals surface area contributed by atoms with Crippen LogP contribution in [0.3, 0.4) is 0 Å². The maximum atomic E-state index is 13.2. The van der Waals surface area contributed by atoms with Crippen LogP contribution in [0, 0.1) is 12.7 Å². The van der Waals surface area contributed by atoms with Crippen LogP contribution in [0.15, 0.2) is 48.8 Å². The molecule has 6 nitrogen and oxygen atoms in total. The average Bonchev–Trinajstić information content (AvgIpc) is 3.16. The number of nitrogens with one attached hydrogen (secondary N) is 1. The van der Waals surface area contributed by atoms with Crippen molar-refractivity contribution in [1.29, 1.82) is 0 Å². The summed E-state index contributed by atoms with van der Waals surface area (Å²) in [6, 6.07) is 9.46. The lowest BCUT2D eigenvalue weighted by Gasteiger charge is -2.11. The molecule has 0 saturated heterocycles. The summed E-state index contributed by atoms with van der Waals surface area (Å²) in [4.78, 5) is 12.3. The van der Waals surface area contributed by atoms with Gasteiger partial charge in [-0.05, 0) is 37.6 Å². The number of benzene rings is 1. The molecule has 0 aliphatic heterocycles. The Bertz CT molecular complexity index is 854. The molecule has 1 atom stereocenters. The summed E-state index contributed by atoms with van der Waals surface area (Å²) < 4.78 is 16.5. The van der Waals surface area contributed by atoms with Crippen LogP contribution in [0.4, 0.5) is 10.2 Å². The summed E-state index contributed by atoms with van der Waals surface area (Å²) in [6.45, 7) is 4.07. The minimum atomic E-state index is -0.438. The van der Waals surface area contributed by atoms with Gasteiger partial charge < -0.3 is 5.32 Å². The van der Waals surface area contributed by atoms with E-state index in [0.717, 1.165) is 11.3 Å². The summed E-state index contributed by atoms with van der Waals surface area (Å²) in [5.74, 6) is -0.0299. The van der Waals surface area contributed by atoms with E-state index in [9.17, 15) is 9.18 Å². The van der Waals surface area contributed by atoms with Crippen LogP contribution < -0.4 is 5.32 Å². The predicted molar refractivity (Wildman–Crippen MR) is 88.0 cm³/mol. The zero-order valence-electron chi connectivity index (χ0n) is 13.5. The molecule has 7 heteroatoms. The highest BCUT2D eigenvalue weighted by molar-refractivity contribution is 5.92. The van der Waals surface area contributed by atoms with E-state index < -0.39 is 6.04 Å². The van der Waals surface area contributed by atoms with Crippen molar-refractivity contribution in [1.82, 2.24) is 19.6 Å². The van der Waals surface area contributed by atoms with Crippen molar-refractivity contribution in [3.8, 4) is 0 Å². The van der Waals surface area contributed by atoms with Crippen LogP contribution in [-0.4, -0.2) is 25.5 Å². The van der Waals surface area contributed by atoms with Gasteiger partial charge in [-0.2, -0.15) is 10.2 Å². The first-order valence-electron chi connectivity index (χ1n) is 7.62. The quantitative estimate of drug-likeness (QED) is 0.784. The number of aromatic nitrogens is 4. The topological polar surface area (TPSA) is 64.7 Å². The highest BCUT2D eigenvalue weighted by Gasteiger charge is 2.16. The lowest BCUT2D eigenvalue weighted by atomic mass is 10.2. The number of carbonyl (C=O) groups is 1. The number of aryl methyl sites for hydroxylation is 1. The van der Waals surface area contributed by atoms with Crippen LogP contribution in [0.25, 0.3) is 0 Å². The van der Waals surface area contributed by atoms with Crippen molar-refractivity contribution >= 4 is 11.7 Å². The number of rotatable bonds is 5. The van der Waals surface area contributed by atoms with Crippen molar-refractivity contribution in [3.05, 3.63) is 65.9 Å². The second kappa shape index (κ2) is 6.66. The van der Waals surface area contributed by atoms with E-state index in [0.29, 0.717) is 12.4 Å². The van der Waals surface area contributed by atoms with Crippen molar-refractivity contribution in [2.45, 2.75) is 26.4 Å². The van der Waals surface area contributed by atoms with Crippen LogP contribution >= 0.6 is 0 Å². The Balaban J connectivity index is 1.64. The van der Waals surface area contributed by atoms with Crippen molar-refractivity contribution in [2.75, 3.05) is 5.32 Å². The molecular formula is C17H18FN5O. The van der Waals surface area contributed by atoms with Crippen molar-refractivity contribution in [2.24, 2.45) is 0 Å². The number of amides is 1. The van der Waals surface area contributed by atoms with Gasteiger partial charge in [0.25, 0.3) is 0 Å². The molecule has 3 aromatic rings. The van der Waals surface area contributed by atoms with E-state index >= 15 is 0 Å². The summed E-state index contributed by atoms with van der Waals surface area (Å²) in [5.41, 5.74) is 1.66. The van der Waals surface area contributed by atoms with Gasteiger partial charge in [-0.3, -0.25) is 14.2 Å². The Morgan fingerprint density at radius 2 is 2.08 bits per heavy atom. The molecule has 2 aromatic heterocycles. The molecule has 2 heterocycles. The normalized spacial score (nSPS) is 12.1. The van der Waals surface area contributed by atoms with Gasteiger partial charge in [0, 0.05) is 18.5 Å². The third-order valence-corrected chi connectivity index (χ3v) is 3.64. The number of anilines is 1. The van der Waals surface area contributed by atoms with Crippen LogP contribution in [-0.2, 0) is 11.3 Å². The van der Waals surface area contributed by atoms with Gasteiger partial charge in [-0.15, -0.1) is 0 Å². The third kappa shape index (κ3) is 3.68. The zero-order valence-corrected chi connectivity index (χ0v) is 13.5. The number of hydrogen-bond acceptors (Lipinski definition) is 3. The molecule has 0 spiro atoms. The SMILES string of the molecule is Cc1ccn(C(C)C(=O)Nc2ccn(Cc3cccc(F)c3)n2)n1. The minimum Gasteiger partial charge on any atom is -0.307 e. The van der Waals surface area contributed by atoms with Gasteiger partial charge in [-0.25, -0.2) is 4.39 Å². The van der Waals surface area contributed by atoms with Crippen LogP contribution in [0.1, 0.15) is 24.2 Å². The second-order valence-electron chi connectivity index (χ2n) is 5.63. The van der Waals surface area contributed by atoms with E-state index in [1.807, 2.05) is 19.1 Å². The van der Waals surface area contributed by atoms with Gasteiger partial charge in [-0.1, -0.05) is 12.1 Å². The predicted octanol–water partition coefficient (Wildman–Crippen LogP) is 2.78. The van der Waals surface area contributed by atoms with Gasteiger partial charge in [0.2, 0.25) is 5.91 Å². The lowest BCUT2D eigenvalue weighted by Crippen LogP contribution is -2.24. The number of halogens is 1. The Morgan fingerprint density at radius 3 is 2.79 bits per heavy atom. The largest absolute Gasteiger partial charge is 0.307 e. The third-order valence-electron chi connectivity index (χ3n) is 3.64. The summed E-state index contributed by atoms with van der Waals surface area (Å²) in [5, 5.41) is 11.3. The molecule has 1 N–H and O–H groups in total. The molecule has 0 aliphatic rings. The first-order valence-corrected chi connectivity index (χ1v) is 7.62. The van der Waals surface area contributed by atoms with Gasteiger partial charge in [0.15, 0.2) is 5.82 Å². The maximum absolute atomic E-state index is 13.2. The molecule has 0 fully saturated rings. The molecule has 124 valence electrons. The Kier molecular flexibility index (Phi) is 4.41. The van der Waals surface area contributed by atoms with Crippen LogP contribution in [0.2, 0.25) is 0 Å². The monoisotopic (exact) mass is 327 g/mol. The maximum Gasteiger partial charge on any atom is 0.250 e. The minimum absolute atomic E-state index is 0.200. The highest BCUT2D eigenvalue weighted by atomic mass is 19.1. The Morgan fingerprint density at radius 1 is 1.25 bits per heavy atom. The number of carbonyl (C=O) groups excluding carboxylic acids is 1. The second-order valence-corrected chi connectivity index (χ2v) is 5.63. The molecule has 0 aliphatic carbocycles. The molecule has 0 saturated carbocycles. The molecule has 3 rings (SSSR count). The fourth-order valence-corrected chi connectivity index (χ4v) is 2.34. The zero-order chi connectivity index (χ0) is 17.1. The molecular weight excluding hydrogens is 309 g/mol. The van der Waals surface area contributed by atoms with E-state index in [1.54, 1.807) is 40.8 Å². The lowest BCUT2D eigenvalue weighted by molar-refractivity contribution is -0.119. The molecule has 0 bridgehead atoms. The van der Waals surface area contributed by atoms with E-state index in [4.69, 9.17) is 0 Å². The van der Waals surface area contributed by atoms with Crippen molar-refractivity contribution in [3.63, 3.8) is 0 Å². The molecule has 1 unspecified atom stereocenters. The fraction of sp³-hybridized carbons (Fsp3) is 0.235. The van der Waals surface area contributed by atoms with E-state index in [2.05, 4.69) is 15.5 Å². The fourth-order valence-electron chi connectivity index (χ4n) is 2.34. The smallest absolute Gasteiger partial charge is 0.250 e. The highest BCUT2D eigenvalue weighted by Crippen LogP contribution is 2.11. The first kappa shape index (κ1) is 15.9. The summed E-state index contributed by atoms with van der Waals surface area (Å²) in [7, 11) is 0. The molecule has 0 radical (unpaired) electrons. The summed E-state index contributed by atoms with van der Waals surface area (Å²) in [6.07, 6.45) is 3.51. The van der Waals surface area contributed by atoms with Crippen molar-refractivity contribution < 1.29 is 9.18 Å². The van der Waals surface area contributed by atoms with Crippen LogP contribution in [0.5, 0.6) is 0 Å².